The number of nitrogens with two attached hydrogens (primary N) is 1. The first-order valence-corrected chi connectivity index (χ1v) is 6.16. The number of nitro benzene ring substituents is 1. The number of aromatic amines is 1. The number of anilines is 1. The minimum absolute atomic E-state index is 0.0382. The minimum atomic E-state index is -0.437. The van der Waals surface area contributed by atoms with E-state index >= 15 is 0 Å². The lowest BCUT2D eigenvalue weighted by Gasteiger charge is -2.02. The molecule has 1 aromatic heterocycles. The maximum atomic E-state index is 10.7. The van der Waals surface area contributed by atoms with Crippen molar-refractivity contribution >= 4 is 11.4 Å². The van der Waals surface area contributed by atoms with E-state index in [1.807, 2.05) is 12.1 Å². The maximum Gasteiger partial charge on any atom is 0.269 e. The molecule has 0 aliphatic heterocycles. The number of benzene rings is 2. The van der Waals surface area contributed by atoms with E-state index in [1.54, 1.807) is 24.3 Å². The highest BCUT2D eigenvalue weighted by atomic mass is 16.6. The molecule has 7 nitrogen and oxygen atoms in total. The van der Waals surface area contributed by atoms with Crippen LogP contribution in [-0.4, -0.2) is 20.3 Å². The number of H-pyrrole nitrogens is 1. The number of hydrogen-bond acceptors (Lipinski definition) is 5. The van der Waals surface area contributed by atoms with E-state index in [2.05, 4.69) is 15.4 Å². The van der Waals surface area contributed by atoms with Crippen LogP contribution >= 0.6 is 0 Å². The molecular formula is C14H11N5O2. The number of aromatic nitrogens is 3. The molecule has 0 saturated heterocycles. The molecule has 3 aromatic rings. The van der Waals surface area contributed by atoms with Gasteiger partial charge in [0, 0.05) is 28.9 Å². The second kappa shape index (κ2) is 5.04. The van der Waals surface area contributed by atoms with Crippen molar-refractivity contribution in [2.45, 2.75) is 0 Å². The van der Waals surface area contributed by atoms with Gasteiger partial charge in [-0.25, -0.2) is 0 Å². The third-order valence-corrected chi connectivity index (χ3v) is 3.08. The molecule has 21 heavy (non-hydrogen) atoms. The van der Waals surface area contributed by atoms with Crippen LogP contribution in [0, 0.1) is 10.1 Å². The number of nitrogens with zero attached hydrogens (tertiary/aromatic N) is 3. The standard InChI is InChI=1S/C14H11N5O2/c15-11-5-1-9(2-6-11)13-14(17-18-16-13)10-3-7-12(8-4-10)19(20)21/h1-8H,15H2,(H,16,17,18). The number of nitrogens with one attached hydrogen (secondary N) is 1. The van der Waals surface area contributed by atoms with E-state index in [9.17, 15) is 10.1 Å². The first kappa shape index (κ1) is 12.8. The molecule has 0 spiro atoms. The Balaban J connectivity index is 2.02. The van der Waals surface area contributed by atoms with Gasteiger partial charge in [0.25, 0.3) is 5.69 Å². The Bertz CT molecular complexity index is 778. The van der Waals surface area contributed by atoms with Crippen LogP contribution in [0.4, 0.5) is 11.4 Å². The minimum Gasteiger partial charge on any atom is -0.399 e. The van der Waals surface area contributed by atoms with Crippen molar-refractivity contribution in [3.05, 3.63) is 58.6 Å². The van der Waals surface area contributed by atoms with E-state index < -0.39 is 4.92 Å². The lowest BCUT2D eigenvalue weighted by Crippen LogP contribution is -1.89. The molecule has 0 saturated carbocycles. The lowest BCUT2D eigenvalue weighted by molar-refractivity contribution is -0.384. The van der Waals surface area contributed by atoms with Crippen molar-refractivity contribution in [1.29, 1.82) is 0 Å². The third-order valence-electron chi connectivity index (χ3n) is 3.08. The SMILES string of the molecule is Nc1ccc(-c2n[nH]nc2-c2ccc([N+](=O)[O-])cc2)cc1. The topological polar surface area (TPSA) is 111 Å². The van der Waals surface area contributed by atoms with Crippen molar-refractivity contribution in [1.82, 2.24) is 15.4 Å². The zero-order valence-corrected chi connectivity index (χ0v) is 10.9. The molecule has 0 fully saturated rings. The Labute approximate surface area is 119 Å². The summed E-state index contributed by atoms with van der Waals surface area (Å²) in [5.74, 6) is 0. The van der Waals surface area contributed by atoms with Gasteiger partial charge in [0.2, 0.25) is 0 Å². The molecule has 0 atom stereocenters. The fourth-order valence-corrected chi connectivity index (χ4v) is 2.02. The fourth-order valence-electron chi connectivity index (χ4n) is 2.02. The third kappa shape index (κ3) is 2.44. The number of rotatable bonds is 3. The van der Waals surface area contributed by atoms with Gasteiger partial charge in [0.15, 0.2) is 0 Å². The summed E-state index contributed by atoms with van der Waals surface area (Å²) in [5, 5.41) is 21.5. The highest BCUT2D eigenvalue weighted by Gasteiger charge is 2.13. The Morgan fingerprint density at radius 3 is 1.86 bits per heavy atom. The van der Waals surface area contributed by atoms with Crippen LogP contribution in [0.25, 0.3) is 22.5 Å². The molecule has 3 N–H and O–H groups in total. The summed E-state index contributed by atoms with van der Waals surface area (Å²) in [6.07, 6.45) is 0. The summed E-state index contributed by atoms with van der Waals surface area (Å²) in [5.41, 5.74) is 9.29. The van der Waals surface area contributed by atoms with Gasteiger partial charge in [-0.1, -0.05) is 12.1 Å². The number of nitrogen functional groups attached to an aromatic ring is 1. The fraction of sp³-hybridized carbons (Fsp3) is 0. The largest absolute Gasteiger partial charge is 0.399 e. The predicted octanol–water partition coefficient (Wildman–Crippen LogP) is 2.63. The first-order chi connectivity index (χ1) is 10.1. The summed E-state index contributed by atoms with van der Waals surface area (Å²) in [6.45, 7) is 0. The quantitative estimate of drug-likeness (QED) is 0.435. The maximum absolute atomic E-state index is 10.7. The van der Waals surface area contributed by atoms with Gasteiger partial charge < -0.3 is 5.73 Å². The number of nitro groups is 1. The van der Waals surface area contributed by atoms with Crippen molar-refractivity contribution in [3.8, 4) is 22.5 Å². The Hall–Kier alpha value is -3.22. The molecule has 2 aromatic carbocycles. The first-order valence-electron chi connectivity index (χ1n) is 6.16. The predicted molar refractivity (Wildman–Crippen MR) is 78.3 cm³/mol. The van der Waals surface area contributed by atoms with Crippen LogP contribution in [0.1, 0.15) is 0 Å². The zero-order chi connectivity index (χ0) is 14.8. The highest BCUT2D eigenvalue weighted by molar-refractivity contribution is 5.78. The smallest absolute Gasteiger partial charge is 0.269 e. The molecular weight excluding hydrogens is 270 g/mol. The summed E-state index contributed by atoms with van der Waals surface area (Å²) < 4.78 is 0. The monoisotopic (exact) mass is 281 g/mol. The summed E-state index contributed by atoms with van der Waals surface area (Å²) in [7, 11) is 0. The Morgan fingerprint density at radius 1 is 0.905 bits per heavy atom. The number of hydrogen-bond donors (Lipinski definition) is 2. The van der Waals surface area contributed by atoms with Gasteiger partial charge in [-0.3, -0.25) is 10.1 Å². The van der Waals surface area contributed by atoms with Gasteiger partial charge in [-0.05, 0) is 24.3 Å². The van der Waals surface area contributed by atoms with Crippen LogP contribution in [0.15, 0.2) is 48.5 Å². The van der Waals surface area contributed by atoms with Crippen molar-refractivity contribution in [2.75, 3.05) is 5.73 Å². The van der Waals surface area contributed by atoms with E-state index in [1.165, 1.54) is 12.1 Å². The Morgan fingerprint density at radius 2 is 1.38 bits per heavy atom. The lowest BCUT2D eigenvalue weighted by atomic mass is 10.0. The molecule has 0 amide bonds. The van der Waals surface area contributed by atoms with Crippen LogP contribution in [-0.2, 0) is 0 Å². The molecule has 3 rings (SSSR count). The molecule has 0 aliphatic rings. The van der Waals surface area contributed by atoms with Gasteiger partial charge in [-0.15, -0.1) is 0 Å². The molecule has 0 radical (unpaired) electrons. The number of non-ortho nitro benzene ring substituents is 1. The molecule has 104 valence electrons. The zero-order valence-electron chi connectivity index (χ0n) is 10.9. The second-order valence-corrected chi connectivity index (χ2v) is 4.45. The molecule has 0 unspecified atom stereocenters. The van der Waals surface area contributed by atoms with E-state index in [0.29, 0.717) is 17.1 Å². The van der Waals surface area contributed by atoms with Gasteiger partial charge in [-0.2, -0.15) is 15.4 Å². The molecule has 0 bridgehead atoms. The normalized spacial score (nSPS) is 10.5. The van der Waals surface area contributed by atoms with Gasteiger partial charge >= 0.3 is 0 Å². The molecule has 0 aliphatic carbocycles. The van der Waals surface area contributed by atoms with Crippen molar-refractivity contribution < 1.29 is 4.92 Å². The van der Waals surface area contributed by atoms with Gasteiger partial charge in [0.1, 0.15) is 11.4 Å². The van der Waals surface area contributed by atoms with Crippen LogP contribution in [0.5, 0.6) is 0 Å². The summed E-state index contributed by atoms with van der Waals surface area (Å²) in [4.78, 5) is 10.2. The van der Waals surface area contributed by atoms with E-state index in [4.69, 9.17) is 5.73 Å². The van der Waals surface area contributed by atoms with Crippen LogP contribution in [0.2, 0.25) is 0 Å². The molecule has 1 heterocycles. The average Bonchev–Trinajstić information content (AvgIpc) is 2.97. The van der Waals surface area contributed by atoms with Crippen LogP contribution < -0.4 is 5.73 Å². The van der Waals surface area contributed by atoms with Crippen molar-refractivity contribution in [2.24, 2.45) is 0 Å². The van der Waals surface area contributed by atoms with Gasteiger partial charge in [0.05, 0.1) is 4.92 Å². The second-order valence-electron chi connectivity index (χ2n) is 4.45. The average molecular weight is 281 g/mol. The Kier molecular flexibility index (Phi) is 3.07. The molecule has 7 heteroatoms. The van der Waals surface area contributed by atoms with Crippen LogP contribution in [0.3, 0.4) is 0 Å². The van der Waals surface area contributed by atoms with E-state index in [-0.39, 0.29) is 5.69 Å². The summed E-state index contributed by atoms with van der Waals surface area (Å²) >= 11 is 0. The summed E-state index contributed by atoms with van der Waals surface area (Å²) in [6, 6.07) is 13.4. The highest BCUT2D eigenvalue weighted by Crippen LogP contribution is 2.29. The van der Waals surface area contributed by atoms with Crippen molar-refractivity contribution in [3.63, 3.8) is 0 Å². The van der Waals surface area contributed by atoms with E-state index in [0.717, 1.165) is 11.1 Å².